The first kappa shape index (κ1) is 14.8. The predicted molar refractivity (Wildman–Crippen MR) is 74.4 cm³/mol. The highest BCUT2D eigenvalue weighted by Gasteiger charge is 2.27. The molecular weight excluding hydrogens is 228 g/mol. The minimum absolute atomic E-state index is 0.0976. The summed E-state index contributed by atoms with van der Waals surface area (Å²) in [5.41, 5.74) is 6.92. The average Bonchev–Trinajstić information content (AvgIpc) is 2.37. The molecule has 0 aliphatic heterocycles. The fraction of sp³-hybridized carbons (Fsp3) is 0.571. The van der Waals surface area contributed by atoms with Gasteiger partial charge >= 0.3 is 0 Å². The maximum Gasteiger partial charge on any atom is 0.163 e. The summed E-state index contributed by atoms with van der Waals surface area (Å²) in [5.74, 6) is 1.55. The van der Waals surface area contributed by atoms with Gasteiger partial charge in [-0.3, -0.25) is 0 Å². The molecule has 1 atom stereocenters. The first-order valence-corrected chi connectivity index (χ1v) is 6.06. The van der Waals surface area contributed by atoms with Gasteiger partial charge in [-0.1, -0.05) is 12.1 Å². The molecule has 0 aliphatic rings. The quantitative estimate of drug-likeness (QED) is 0.834. The number of nitrogens with two attached hydrogens (primary N) is 1. The molecule has 2 N–H and O–H groups in total. The minimum Gasteiger partial charge on any atom is -0.493 e. The molecule has 1 unspecified atom stereocenters. The lowest BCUT2D eigenvalue weighted by molar-refractivity contribution is 0.179. The highest BCUT2D eigenvalue weighted by Crippen LogP contribution is 2.33. The predicted octanol–water partition coefficient (Wildman–Crippen LogP) is 1.53. The fourth-order valence-electron chi connectivity index (χ4n) is 1.92. The van der Waals surface area contributed by atoms with Crippen LogP contribution in [0.3, 0.4) is 0 Å². The highest BCUT2D eigenvalue weighted by atomic mass is 16.5. The van der Waals surface area contributed by atoms with Crippen LogP contribution in [0.25, 0.3) is 0 Å². The highest BCUT2D eigenvalue weighted by molar-refractivity contribution is 5.47. The molecular formula is C14H24N2O2. The van der Waals surface area contributed by atoms with Crippen molar-refractivity contribution in [1.29, 1.82) is 0 Å². The zero-order valence-electron chi connectivity index (χ0n) is 12.0. The molecule has 0 aromatic heterocycles. The van der Waals surface area contributed by atoms with Gasteiger partial charge in [0.2, 0.25) is 0 Å². The van der Waals surface area contributed by atoms with E-state index in [0.717, 1.165) is 23.5 Å². The second kappa shape index (κ2) is 6.07. The maximum atomic E-state index is 5.90. The summed E-state index contributed by atoms with van der Waals surface area (Å²) in [5, 5.41) is 0. The minimum atomic E-state index is -0.0976. The van der Waals surface area contributed by atoms with Crippen molar-refractivity contribution in [3.05, 3.63) is 23.8 Å². The van der Waals surface area contributed by atoms with Crippen LogP contribution in [0.4, 0.5) is 0 Å². The lowest BCUT2D eigenvalue weighted by Gasteiger charge is -2.36. The van der Waals surface area contributed by atoms with E-state index >= 15 is 0 Å². The van der Waals surface area contributed by atoms with Gasteiger partial charge in [-0.15, -0.1) is 0 Å². The summed E-state index contributed by atoms with van der Waals surface area (Å²) in [7, 11) is 7.39. The van der Waals surface area contributed by atoms with Crippen LogP contribution in [0, 0.1) is 0 Å². The van der Waals surface area contributed by atoms with Gasteiger partial charge in [0.05, 0.1) is 14.2 Å². The van der Waals surface area contributed by atoms with E-state index in [0.29, 0.717) is 6.54 Å². The molecule has 0 bridgehead atoms. The number of rotatable bonds is 6. The topological polar surface area (TPSA) is 47.7 Å². The van der Waals surface area contributed by atoms with Crippen LogP contribution >= 0.6 is 0 Å². The second-order valence-electron chi connectivity index (χ2n) is 4.92. The number of benzene rings is 1. The van der Waals surface area contributed by atoms with Crippen molar-refractivity contribution in [2.24, 2.45) is 5.73 Å². The Kier molecular flexibility index (Phi) is 4.99. The van der Waals surface area contributed by atoms with Crippen LogP contribution in [0.15, 0.2) is 18.2 Å². The maximum absolute atomic E-state index is 5.90. The monoisotopic (exact) mass is 252 g/mol. The molecule has 0 spiro atoms. The molecule has 1 rings (SSSR count). The van der Waals surface area contributed by atoms with Crippen LogP contribution < -0.4 is 15.2 Å². The smallest absolute Gasteiger partial charge is 0.163 e. The lowest BCUT2D eigenvalue weighted by atomic mass is 9.91. The largest absolute Gasteiger partial charge is 0.493 e. The van der Waals surface area contributed by atoms with Crippen molar-refractivity contribution < 1.29 is 9.47 Å². The number of para-hydroxylation sites is 1. The summed E-state index contributed by atoms with van der Waals surface area (Å²) in [4.78, 5) is 2.14. The molecule has 102 valence electrons. The molecule has 0 saturated carbocycles. The second-order valence-corrected chi connectivity index (χ2v) is 4.92. The number of ether oxygens (including phenoxy) is 2. The molecule has 0 radical (unpaired) electrons. The Morgan fingerprint density at radius 3 is 2.33 bits per heavy atom. The number of hydrogen-bond donors (Lipinski definition) is 1. The van der Waals surface area contributed by atoms with E-state index in [4.69, 9.17) is 15.2 Å². The van der Waals surface area contributed by atoms with E-state index < -0.39 is 0 Å². The summed E-state index contributed by atoms with van der Waals surface area (Å²) < 4.78 is 10.8. The third-order valence-corrected chi connectivity index (χ3v) is 3.58. The van der Waals surface area contributed by atoms with Crippen molar-refractivity contribution in [2.45, 2.75) is 18.9 Å². The molecule has 0 saturated heterocycles. The first-order chi connectivity index (χ1) is 8.48. The van der Waals surface area contributed by atoms with Crippen molar-refractivity contribution in [2.75, 3.05) is 34.9 Å². The Labute approximate surface area is 110 Å². The van der Waals surface area contributed by atoms with E-state index in [2.05, 4.69) is 17.9 Å². The number of hydrogen-bond acceptors (Lipinski definition) is 4. The molecule has 4 heteroatoms. The van der Waals surface area contributed by atoms with E-state index in [1.54, 1.807) is 14.2 Å². The van der Waals surface area contributed by atoms with Crippen molar-refractivity contribution >= 4 is 0 Å². The molecule has 4 nitrogen and oxygen atoms in total. The molecule has 0 heterocycles. The van der Waals surface area contributed by atoms with Gasteiger partial charge in [0, 0.05) is 12.1 Å². The van der Waals surface area contributed by atoms with Gasteiger partial charge in [0.1, 0.15) is 0 Å². The number of methoxy groups -OCH3 is 2. The fourth-order valence-corrected chi connectivity index (χ4v) is 1.92. The van der Waals surface area contributed by atoms with Gasteiger partial charge in [0.25, 0.3) is 0 Å². The van der Waals surface area contributed by atoms with Crippen LogP contribution in [0.1, 0.15) is 12.5 Å². The van der Waals surface area contributed by atoms with Crippen LogP contribution in [-0.2, 0) is 6.42 Å². The number of likely N-dealkylation sites (N-methyl/N-ethyl adjacent to an activating group) is 1. The van der Waals surface area contributed by atoms with E-state index in [1.807, 2.05) is 26.2 Å². The van der Waals surface area contributed by atoms with Gasteiger partial charge in [-0.2, -0.15) is 0 Å². The van der Waals surface area contributed by atoms with E-state index in [1.165, 1.54) is 0 Å². The van der Waals surface area contributed by atoms with E-state index in [-0.39, 0.29) is 5.54 Å². The van der Waals surface area contributed by atoms with Crippen molar-refractivity contribution in [3.63, 3.8) is 0 Å². The SMILES string of the molecule is COc1cccc(CC(C)(CN)N(C)C)c1OC. The standard InChI is InChI=1S/C14H24N2O2/c1-14(10-15,16(2)3)9-11-7-6-8-12(17-4)13(11)18-5/h6-8H,9-10,15H2,1-5H3. The normalized spacial score (nSPS) is 14.4. The third kappa shape index (κ3) is 2.94. The molecule has 0 amide bonds. The van der Waals surface area contributed by atoms with Gasteiger partial charge in [-0.25, -0.2) is 0 Å². The molecule has 0 fully saturated rings. The zero-order chi connectivity index (χ0) is 13.8. The third-order valence-electron chi connectivity index (χ3n) is 3.58. The Balaban J connectivity index is 3.10. The van der Waals surface area contributed by atoms with Crippen LogP contribution in [0.2, 0.25) is 0 Å². The molecule has 0 aliphatic carbocycles. The van der Waals surface area contributed by atoms with Gasteiger partial charge in [0.15, 0.2) is 11.5 Å². The summed E-state index contributed by atoms with van der Waals surface area (Å²) in [6.07, 6.45) is 0.816. The molecule has 18 heavy (non-hydrogen) atoms. The summed E-state index contributed by atoms with van der Waals surface area (Å²) in [6.45, 7) is 2.73. The molecule has 1 aromatic carbocycles. The first-order valence-electron chi connectivity index (χ1n) is 6.06. The van der Waals surface area contributed by atoms with Crippen molar-refractivity contribution in [3.8, 4) is 11.5 Å². The Morgan fingerprint density at radius 2 is 1.89 bits per heavy atom. The number of nitrogens with zero attached hydrogens (tertiary/aromatic N) is 1. The van der Waals surface area contributed by atoms with Crippen LogP contribution in [-0.4, -0.2) is 45.3 Å². The van der Waals surface area contributed by atoms with Crippen LogP contribution in [0.5, 0.6) is 11.5 Å². The Morgan fingerprint density at radius 1 is 1.22 bits per heavy atom. The van der Waals surface area contributed by atoms with E-state index in [9.17, 15) is 0 Å². The summed E-state index contributed by atoms with van der Waals surface area (Å²) in [6, 6.07) is 5.93. The summed E-state index contributed by atoms with van der Waals surface area (Å²) >= 11 is 0. The molecule has 1 aromatic rings. The van der Waals surface area contributed by atoms with Gasteiger partial charge < -0.3 is 20.1 Å². The van der Waals surface area contributed by atoms with Gasteiger partial charge in [-0.05, 0) is 39.1 Å². The lowest BCUT2D eigenvalue weighted by Crippen LogP contribution is -2.49. The Bertz CT molecular complexity index is 393. The zero-order valence-corrected chi connectivity index (χ0v) is 12.0. The van der Waals surface area contributed by atoms with Crippen molar-refractivity contribution in [1.82, 2.24) is 4.90 Å². The average molecular weight is 252 g/mol. The Hall–Kier alpha value is -1.26.